The van der Waals surface area contributed by atoms with E-state index < -0.39 is 0 Å². The molecule has 0 unspecified atom stereocenters. The minimum Gasteiger partial charge on any atom is -0.492 e. The molecule has 1 aromatic carbocycles. The third-order valence-electron chi connectivity index (χ3n) is 2.21. The van der Waals surface area contributed by atoms with Crippen LogP contribution in [0, 0.1) is 11.5 Å². The van der Waals surface area contributed by atoms with Crippen molar-refractivity contribution < 1.29 is 4.74 Å². The van der Waals surface area contributed by atoms with E-state index in [4.69, 9.17) is 10.00 Å². The Bertz CT molecular complexity index is 468. The lowest BCUT2D eigenvalue weighted by Gasteiger charge is -2.11. The first-order valence-electron chi connectivity index (χ1n) is 5.81. The van der Waals surface area contributed by atoms with E-state index >= 15 is 0 Å². The minimum absolute atomic E-state index is 0.563. The van der Waals surface area contributed by atoms with Crippen molar-refractivity contribution in [3.8, 4) is 11.9 Å². The van der Waals surface area contributed by atoms with Gasteiger partial charge in [0.2, 0.25) is 0 Å². The molecule has 1 N–H and O–H groups in total. The number of rotatable bonds is 5. The van der Waals surface area contributed by atoms with Crippen molar-refractivity contribution >= 4 is 22.6 Å². The number of hydrogen-bond acceptors (Lipinski definition) is 5. The first kappa shape index (κ1) is 15.3. The number of hydrogen-bond donors (Lipinski definition) is 1. The van der Waals surface area contributed by atoms with E-state index in [1.54, 1.807) is 0 Å². The fourth-order valence-corrected chi connectivity index (χ4v) is 1.62. The zero-order chi connectivity index (χ0) is 14.1. The number of amidine groups is 1. The van der Waals surface area contributed by atoms with Gasteiger partial charge in [0.25, 0.3) is 0 Å². The highest BCUT2D eigenvalue weighted by Crippen LogP contribution is 2.20. The Labute approximate surface area is 118 Å². The van der Waals surface area contributed by atoms with Crippen LogP contribution in [0.5, 0.6) is 5.75 Å². The predicted molar refractivity (Wildman–Crippen MR) is 79.8 cm³/mol. The normalized spacial score (nSPS) is 11.2. The van der Waals surface area contributed by atoms with Crippen molar-refractivity contribution in [2.45, 2.75) is 0 Å². The van der Waals surface area contributed by atoms with Gasteiger partial charge in [-0.3, -0.25) is 5.32 Å². The largest absolute Gasteiger partial charge is 0.492 e. The van der Waals surface area contributed by atoms with Gasteiger partial charge in [0, 0.05) is 12.6 Å². The van der Waals surface area contributed by atoms with Gasteiger partial charge in [-0.25, -0.2) is 4.99 Å². The van der Waals surface area contributed by atoms with Crippen LogP contribution in [0.15, 0.2) is 29.3 Å². The second-order valence-electron chi connectivity index (χ2n) is 4.01. The third-order valence-corrected chi connectivity index (χ3v) is 2.79. The van der Waals surface area contributed by atoms with Crippen LogP contribution in [0.4, 0.5) is 5.69 Å². The van der Waals surface area contributed by atoms with Gasteiger partial charge in [0.1, 0.15) is 12.4 Å². The van der Waals surface area contributed by atoms with Crippen LogP contribution in [0.3, 0.4) is 0 Å². The lowest BCUT2D eigenvalue weighted by molar-refractivity contribution is 0.261. The molecule has 0 atom stereocenters. The molecule has 0 aliphatic heterocycles. The summed E-state index contributed by atoms with van der Waals surface area (Å²) in [5, 5.41) is 11.7. The topological polar surface area (TPSA) is 60.6 Å². The van der Waals surface area contributed by atoms with Crippen LogP contribution < -0.4 is 10.1 Å². The number of aliphatic imine (C=N–C) groups is 1. The Hall–Kier alpha value is -1.71. The molecule has 0 heterocycles. The molecule has 0 saturated carbocycles. The van der Waals surface area contributed by atoms with Crippen LogP contribution in [0.2, 0.25) is 0 Å². The van der Waals surface area contributed by atoms with Gasteiger partial charge in [-0.05, 0) is 32.5 Å². The molecule has 0 fully saturated rings. The van der Waals surface area contributed by atoms with Crippen molar-refractivity contribution in [1.82, 2.24) is 10.2 Å². The maximum absolute atomic E-state index is 8.58. The quantitative estimate of drug-likeness (QED) is 0.386. The summed E-state index contributed by atoms with van der Waals surface area (Å²) in [7, 11) is 4.00. The summed E-state index contributed by atoms with van der Waals surface area (Å²) in [6, 6.07) is 7.50. The van der Waals surface area contributed by atoms with Gasteiger partial charge >= 0.3 is 0 Å². The highest BCUT2D eigenvalue weighted by Gasteiger charge is 1.99. The third kappa shape index (κ3) is 6.13. The average Bonchev–Trinajstić information content (AvgIpc) is 2.38. The molecule has 1 aromatic rings. The molecule has 0 amide bonds. The molecule has 0 bridgehead atoms. The van der Waals surface area contributed by atoms with E-state index in [2.05, 4.69) is 15.2 Å². The second-order valence-corrected chi connectivity index (χ2v) is 4.80. The number of nitrogens with one attached hydrogen (secondary N) is 1. The van der Waals surface area contributed by atoms with Crippen LogP contribution in [-0.4, -0.2) is 43.6 Å². The van der Waals surface area contributed by atoms with Crippen LogP contribution in [-0.2, 0) is 0 Å². The first-order chi connectivity index (χ1) is 9.15. The molecule has 0 aliphatic rings. The average molecular weight is 278 g/mol. The van der Waals surface area contributed by atoms with Crippen LogP contribution in [0.1, 0.15) is 0 Å². The van der Waals surface area contributed by atoms with Crippen molar-refractivity contribution in [2.75, 3.05) is 33.5 Å². The Morgan fingerprint density at radius 1 is 1.53 bits per heavy atom. The summed E-state index contributed by atoms with van der Waals surface area (Å²) in [4.78, 5) is 6.39. The molecule has 102 valence electrons. The van der Waals surface area contributed by atoms with Gasteiger partial charge in [-0.2, -0.15) is 5.26 Å². The van der Waals surface area contributed by atoms with Crippen molar-refractivity contribution in [3.63, 3.8) is 0 Å². The van der Waals surface area contributed by atoms with Crippen molar-refractivity contribution in [3.05, 3.63) is 24.3 Å². The van der Waals surface area contributed by atoms with Gasteiger partial charge in [0.05, 0.1) is 5.69 Å². The smallest absolute Gasteiger partial charge is 0.183 e. The Kier molecular flexibility index (Phi) is 6.79. The number of thioether (sulfide) groups is 1. The van der Waals surface area contributed by atoms with Crippen LogP contribution in [0.25, 0.3) is 0 Å². The fourth-order valence-electron chi connectivity index (χ4n) is 1.28. The number of nitriles is 1. The monoisotopic (exact) mass is 278 g/mol. The summed E-state index contributed by atoms with van der Waals surface area (Å²) >= 11 is 1.39. The number of nitrogens with zero attached hydrogens (tertiary/aromatic N) is 3. The molecule has 1 rings (SSSR count). The highest BCUT2D eigenvalue weighted by atomic mass is 32.2. The van der Waals surface area contributed by atoms with E-state index in [9.17, 15) is 0 Å². The number of benzene rings is 1. The van der Waals surface area contributed by atoms with Gasteiger partial charge in [-0.15, -0.1) is 0 Å². The zero-order valence-corrected chi connectivity index (χ0v) is 12.2. The summed E-state index contributed by atoms with van der Waals surface area (Å²) in [6.07, 6.45) is 3.72. The predicted octanol–water partition coefficient (Wildman–Crippen LogP) is 2.05. The molecule has 0 aromatic heterocycles. The standard InChI is InChI=1S/C13H18N4OS/c1-17(2)7-8-18-12-6-4-5-11(9-12)16-13(19-3)15-10-14/h4-6,9H,7-8H2,1-3H3,(H,15,16). The molecule has 0 aliphatic carbocycles. The van der Waals surface area contributed by atoms with E-state index in [0.29, 0.717) is 11.8 Å². The van der Waals surface area contributed by atoms with Gasteiger partial charge in [0.15, 0.2) is 11.4 Å². The highest BCUT2D eigenvalue weighted by molar-refractivity contribution is 8.13. The van der Waals surface area contributed by atoms with Gasteiger partial charge in [-0.1, -0.05) is 17.8 Å². The summed E-state index contributed by atoms with van der Waals surface area (Å²) in [5.41, 5.74) is 0.759. The van der Waals surface area contributed by atoms with Crippen molar-refractivity contribution in [2.24, 2.45) is 4.99 Å². The molecule has 5 nitrogen and oxygen atoms in total. The van der Waals surface area contributed by atoms with E-state index in [1.807, 2.05) is 50.8 Å². The molecule has 0 saturated heterocycles. The summed E-state index contributed by atoms with van der Waals surface area (Å²) < 4.78 is 5.63. The SMILES string of the molecule is CSC(=Nc1cccc(OCCN(C)C)c1)NC#N. The Morgan fingerprint density at radius 2 is 2.32 bits per heavy atom. The maximum atomic E-state index is 8.58. The second kappa shape index (κ2) is 8.40. The van der Waals surface area contributed by atoms with E-state index in [0.717, 1.165) is 18.0 Å². The number of likely N-dealkylation sites (N-methyl/N-ethyl adjacent to an activating group) is 1. The van der Waals surface area contributed by atoms with Crippen LogP contribution >= 0.6 is 11.8 Å². The lowest BCUT2D eigenvalue weighted by Crippen LogP contribution is -2.19. The molecule has 19 heavy (non-hydrogen) atoms. The molecular weight excluding hydrogens is 260 g/mol. The van der Waals surface area contributed by atoms with E-state index in [-0.39, 0.29) is 0 Å². The molecular formula is C13H18N4OS. The Balaban J connectivity index is 2.68. The first-order valence-corrected chi connectivity index (χ1v) is 7.03. The minimum atomic E-state index is 0.563. The zero-order valence-electron chi connectivity index (χ0n) is 11.4. The molecule has 0 spiro atoms. The lowest BCUT2D eigenvalue weighted by atomic mass is 10.3. The van der Waals surface area contributed by atoms with Crippen molar-refractivity contribution in [1.29, 1.82) is 5.26 Å². The fraction of sp³-hybridized carbons (Fsp3) is 0.385. The number of ether oxygens (including phenoxy) is 1. The Morgan fingerprint density at radius 3 is 2.95 bits per heavy atom. The summed E-state index contributed by atoms with van der Waals surface area (Å²) in [5.74, 6) is 0.778. The van der Waals surface area contributed by atoms with Gasteiger partial charge < -0.3 is 9.64 Å². The molecule has 6 heteroatoms. The summed E-state index contributed by atoms with van der Waals surface area (Å²) in [6.45, 7) is 1.49. The van der Waals surface area contributed by atoms with E-state index in [1.165, 1.54) is 11.8 Å². The molecule has 0 radical (unpaired) electrons. The maximum Gasteiger partial charge on any atom is 0.183 e.